The van der Waals surface area contributed by atoms with E-state index in [4.69, 9.17) is 10.2 Å². The van der Waals surface area contributed by atoms with Gasteiger partial charge in [0, 0.05) is 6.42 Å². The molecule has 1 aromatic carbocycles. The highest BCUT2D eigenvalue weighted by molar-refractivity contribution is 5.70. The standard InChI is InChI=1S/C15H18N2O3/c1-11(17(19)15(16)18)14-10-9-13(20-14)8-7-12-5-3-2-4-6-12/h2-6,9-11,19H,7-8H2,1H3,(H2,16,18). The predicted molar refractivity (Wildman–Crippen MR) is 74.2 cm³/mol. The van der Waals surface area contributed by atoms with Crippen LogP contribution < -0.4 is 5.73 Å². The van der Waals surface area contributed by atoms with E-state index in [9.17, 15) is 10.0 Å². The Morgan fingerprint density at radius 3 is 2.60 bits per heavy atom. The Bertz CT molecular complexity index is 566. The number of hydrogen-bond acceptors (Lipinski definition) is 3. The van der Waals surface area contributed by atoms with Crippen LogP contribution in [-0.4, -0.2) is 16.3 Å². The number of nitrogens with two attached hydrogens (primary N) is 1. The minimum Gasteiger partial charge on any atom is -0.464 e. The van der Waals surface area contributed by atoms with Gasteiger partial charge in [-0.1, -0.05) is 30.3 Å². The van der Waals surface area contributed by atoms with Crippen molar-refractivity contribution in [1.82, 2.24) is 5.06 Å². The van der Waals surface area contributed by atoms with Crippen LogP contribution in [0.25, 0.3) is 0 Å². The third-order valence-electron chi connectivity index (χ3n) is 3.19. The van der Waals surface area contributed by atoms with Crippen molar-refractivity contribution in [2.24, 2.45) is 5.73 Å². The normalized spacial score (nSPS) is 12.1. The molecule has 0 bridgehead atoms. The molecule has 5 nitrogen and oxygen atoms in total. The first-order valence-electron chi connectivity index (χ1n) is 6.48. The Hall–Kier alpha value is -2.27. The van der Waals surface area contributed by atoms with E-state index < -0.39 is 12.1 Å². The molecule has 0 spiro atoms. The molecule has 1 aromatic heterocycles. The number of carbonyl (C=O) groups excluding carboxylic acids is 1. The van der Waals surface area contributed by atoms with Crippen molar-refractivity contribution in [3.05, 3.63) is 59.5 Å². The summed E-state index contributed by atoms with van der Waals surface area (Å²) in [6.45, 7) is 1.64. The van der Waals surface area contributed by atoms with Crippen LogP contribution in [-0.2, 0) is 12.8 Å². The molecule has 2 aromatic rings. The molecule has 106 valence electrons. The lowest BCUT2D eigenvalue weighted by atomic mass is 10.1. The van der Waals surface area contributed by atoms with Gasteiger partial charge in [0.1, 0.15) is 17.6 Å². The molecule has 0 saturated heterocycles. The van der Waals surface area contributed by atoms with E-state index in [-0.39, 0.29) is 0 Å². The Morgan fingerprint density at radius 1 is 1.25 bits per heavy atom. The lowest BCUT2D eigenvalue weighted by Crippen LogP contribution is -2.34. The first-order chi connectivity index (χ1) is 9.58. The van der Waals surface area contributed by atoms with E-state index in [0.717, 1.165) is 18.6 Å². The van der Waals surface area contributed by atoms with Crippen molar-refractivity contribution >= 4 is 6.03 Å². The molecule has 0 fully saturated rings. The molecular formula is C15H18N2O3. The summed E-state index contributed by atoms with van der Waals surface area (Å²) in [6, 6.07) is 12.2. The monoisotopic (exact) mass is 274 g/mol. The summed E-state index contributed by atoms with van der Waals surface area (Å²) in [4.78, 5) is 10.9. The quantitative estimate of drug-likeness (QED) is 0.650. The molecule has 0 aliphatic heterocycles. The zero-order chi connectivity index (χ0) is 14.5. The van der Waals surface area contributed by atoms with E-state index in [0.29, 0.717) is 10.8 Å². The first-order valence-corrected chi connectivity index (χ1v) is 6.48. The molecule has 3 N–H and O–H groups in total. The van der Waals surface area contributed by atoms with Crippen molar-refractivity contribution in [2.45, 2.75) is 25.8 Å². The molecule has 2 amide bonds. The van der Waals surface area contributed by atoms with E-state index in [2.05, 4.69) is 12.1 Å². The van der Waals surface area contributed by atoms with E-state index >= 15 is 0 Å². The van der Waals surface area contributed by atoms with Gasteiger partial charge in [-0.3, -0.25) is 5.21 Å². The number of aryl methyl sites for hydroxylation is 2. The second kappa shape index (κ2) is 6.25. The molecule has 2 rings (SSSR count). The van der Waals surface area contributed by atoms with Gasteiger partial charge in [0.05, 0.1) is 0 Å². The van der Waals surface area contributed by atoms with Gasteiger partial charge in [-0.25, -0.2) is 4.79 Å². The number of benzene rings is 1. The van der Waals surface area contributed by atoms with Crippen LogP contribution >= 0.6 is 0 Å². The lowest BCUT2D eigenvalue weighted by molar-refractivity contribution is -0.0763. The van der Waals surface area contributed by atoms with E-state index in [1.54, 1.807) is 13.0 Å². The topological polar surface area (TPSA) is 79.7 Å². The van der Waals surface area contributed by atoms with Gasteiger partial charge in [0.2, 0.25) is 0 Å². The number of amides is 2. The number of furan rings is 1. The highest BCUT2D eigenvalue weighted by atomic mass is 16.5. The summed E-state index contributed by atoms with van der Waals surface area (Å²) in [7, 11) is 0. The van der Waals surface area contributed by atoms with Crippen molar-refractivity contribution in [3.8, 4) is 0 Å². The number of primary amides is 1. The van der Waals surface area contributed by atoms with Crippen LogP contribution in [0.15, 0.2) is 46.9 Å². The SMILES string of the molecule is CC(c1ccc(CCc2ccccc2)o1)N(O)C(N)=O. The number of hydrogen-bond donors (Lipinski definition) is 2. The smallest absolute Gasteiger partial charge is 0.339 e. The Morgan fingerprint density at radius 2 is 1.95 bits per heavy atom. The Balaban J connectivity index is 1.97. The van der Waals surface area contributed by atoms with Crippen LogP contribution in [0.4, 0.5) is 4.79 Å². The lowest BCUT2D eigenvalue weighted by Gasteiger charge is -2.18. The molecule has 0 aliphatic rings. The van der Waals surface area contributed by atoms with E-state index in [1.165, 1.54) is 5.56 Å². The number of nitrogens with zero attached hydrogens (tertiary/aromatic N) is 1. The number of rotatable bonds is 5. The van der Waals surface area contributed by atoms with E-state index in [1.807, 2.05) is 24.3 Å². The molecule has 20 heavy (non-hydrogen) atoms. The van der Waals surface area contributed by atoms with Gasteiger partial charge in [0.15, 0.2) is 0 Å². The fourth-order valence-electron chi connectivity index (χ4n) is 1.98. The van der Waals surface area contributed by atoms with Crippen molar-refractivity contribution in [1.29, 1.82) is 0 Å². The molecule has 1 heterocycles. The molecular weight excluding hydrogens is 256 g/mol. The largest absolute Gasteiger partial charge is 0.464 e. The average Bonchev–Trinajstić information content (AvgIpc) is 2.93. The second-order valence-electron chi connectivity index (χ2n) is 4.65. The Labute approximate surface area is 117 Å². The van der Waals surface area contributed by atoms with Gasteiger partial charge in [-0.2, -0.15) is 5.06 Å². The van der Waals surface area contributed by atoms with Crippen molar-refractivity contribution < 1.29 is 14.4 Å². The number of carbonyl (C=O) groups is 1. The maximum Gasteiger partial charge on any atom is 0.339 e. The van der Waals surface area contributed by atoms with Crippen LogP contribution in [0.2, 0.25) is 0 Å². The van der Waals surface area contributed by atoms with Crippen molar-refractivity contribution in [3.63, 3.8) is 0 Å². The maximum absolute atomic E-state index is 10.9. The summed E-state index contributed by atoms with van der Waals surface area (Å²) in [5.41, 5.74) is 6.25. The van der Waals surface area contributed by atoms with Crippen LogP contribution in [0, 0.1) is 0 Å². The highest BCUT2D eigenvalue weighted by Gasteiger charge is 2.20. The zero-order valence-electron chi connectivity index (χ0n) is 11.3. The molecule has 0 radical (unpaired) electrons. The van der Waals surface area contributed by atoms with Crippen LogP contribution in [0.1, 0.15) is 30.0 Å². The van der Waals surface area contributed by atoms with Crippen molar-refractivity contribution in [2.75, 3.05) is 0 Å². The number of hydroxylamine groups is 2. The summed E-state index contributed by atoms with van der Waals surface area (Å²) in [6.07, 6.45) is 1.64. The maximum atomic E-state index is 10.9. The third-order valence-corrected chi connectivity index (χ3v) is 3.19. The fourth-order valence-corrected chi connectivity index (χ4v) is 1.98. The molecule has 5 heteroatoms. The summed E-state index contributed by atoms with van der Waals surface area (Å²) in [5, 5.41) is 9.92. The second-order valence-corrected chi connectivity index (χ2v) is 4.65. The minimum absolute atomic E-state index is 0.458. The summed E-state index contributed by atoms with van der Waals surface area (Å²) >= 11 is 0. The number of urea groups is 1. The molecule has 0 aliphatic carbocycles. The summed E-state index contributed by atoms with van der Waals surface area (Å²) < 4.78 is 5.63. The van der Waals surface area contributed by atoms with Gasteiger partial charge in [0.25, 0.3) is 0 Å². The molecule has 0 saturated carbocycles. The molecule has 1 atom stereocenters. The van der Waals surface area contributed by atoms with Crippen LogP contribution in [0.5, 0.6) is 0 Å². The third kappa shape index (κ3) is 3.39. The average molecular weight is 274 g/mol. The van der Waals surface area contributed by atoms with Crippen LogP contribution in [0.3, 0.4) is 0 Å². The first kappa shape index (κ1) is 14.1. The minimum atomic E-state index is -0.903. The fraction of sp³-hybridized carbons (Fsp3) is 0.267. The zero-order valence-corrected chi connectivity index (χ0v) is 11.3. The molecule has 1 unspecified atom stereocenters. The van der Waals surface area contributed by atoms with Gasteiger partial charge in [-0.05, 0) is 31.0 Å². The Kier molecular flexibility index (Phi) is 4.42. The highest BCUT2D eigenvalue weighted by Crippen LogP contribution is 2.21. The summed E-state index contributed by atoms with van der Waals surface area (Å²) in [5.74, 6) is 1.32. The van der Waals surface area contributed by atoms with Gasteiger partial charge >= 0.3 is 6.03 Å². The van der Waals surface area contributed by atoms with Gasteiger partial charge in [-0.15, -0.1) is 0 Å². The predicted octanol–water partition coefficient (Wildman–Crippen LogP) is 2.90. The van der Waals surface area contributed by atoms with Gasteiger partial charge < -0.3 is 10.2 Å².